The molecule has 0 heterocycles. The van der Waals surface area contributed by atoms with Crippen LogP contribution in [0.15, 0.2) is 18.2 Å². The molecule has 0 saturated heterocycles. The Labute approximate surface area is 112 Å². The van der Waals surface area contributed by atoms with Crippen molar-refractivity contribution < 1.29 is 4.74 Å². The fourth-order valence-corrected chi connectivity index (χ4v) is 2.40. The lowest BCUT2D eigenvalue weighted by atomic mass is 9.72. The van der Waals surface area contributed by atoms with Crippen molar-refractivity contribution >= 4 is 0 Å². The van der Waals surface area contributed by atoms with E-state index >= 15 is 0 Å². The summed E-state index contributed by atoms with van der Waals surface area (Å²) < 4.78 is 5.56. The van der Waals surface area contributed by atoms with Crippen LogP contribution in [0.5, 0.6) is 5.75 Å². The van der Waals surface area contributed by atoms with E-state index in [1.54, 1.807) is 7.11 Å². The van der Waals surface area contributed by atoms with Crippen LogP contribution >= 0.6 is 0 Å². The number of nitrogens with one attached hydrogen (secondary N) is 1. The van der Waals surface area contributed by atoms with Gasteiger partial charge in [0.1, 0.15) is 5.75 Å². The number of hydrogen-bond acceptors (Lipinski definition) is 2. The van der Waals surface area contributed by atoms with Crippen LogP contribution in [0.25, 0.3) is 0 Å². The maximum atomic E-state index is 5.56. The van der Waals surface area contributed by atoms with Crippen LogP contribution in [-0.4, -0.2) is 20.7 Å². The molecule has 2 nitrogen and oxygen atoms in total. The molecule has 2 heteroatoms. The van der Waals surface area contributed by atoms with Crippen molar-refractivity contribution in [1.29, 1.82) is 0 Å². The summed E-state index contributed by atoms with van der Waals surface area (Å²) in [7, 11) is 3.77. The lowest BCUT2D eigenvalue weighted by molar-refractivity contribution is 0.309. The van der Waals surface area contributed by atoms with Gasteiger partial charge < -0.3 is 10.1 Å². The number of benzene rings is 1. The maximum Gasteiger partial charge on any atom is 0.122 e. The Morgan fingerprint density at radius 3 is 2.44 bits per heavy atom. The highest BCUT2D eigenvalue weighted by Gasteiger charge is 2.32. The fourth-order valence-electron chi connectivity index (χ4n) is 2.40. The first-order valence-electron chi connectivity index (χ1n) is 6.81. The summed E-state index contributed by atoms with van der Waals surface area (Å²) in [5.41, 5.74) is 2.77. The molecule has 0 radical (unpaired) electrons. The average molecular weight is 249 g/mol. The average Bonchev–Trinajstić information content (AvgIpc) is 2.37. The molecular weight excluding hydrogens is 222 g/mol. The molecule has 1 rings (SSSR count). The minimum absolute atomic E-state index is 0.0886. The van der Waals surface area contributed by atoms with E-state index in [9.17, 15) is 0 Å². The van der Waals surface area contributed by atoms with Crippen LogP contribution in [0.1, 0.15) is 38.8 Å². The van der Waals surface area contributed by atoms with E-state index in [1.165, 1.54) is 11.1 Å². The van der Waals surface area contributed by atoms with Crippen molar-refractivity contribution in [1.82, 2.24) is 5.32 Å². The van der Waals surface area contributed by atoms with Gasteiger partial charge in [-0.05, 0) is 31.0 Å². The van der Waals surface area contributed by atoms with Crippen molar-refractivity contribution in [3.8, 4) is 5.75 Å². The Kier molecular flexibility index (Phi) is 5.21. The molecule has 102 valence electrons. The first-order chi connectivity index (χ1) is 8.49. The molecule has 1 aromatic rings. The Bertz CT molecular complexity index is 387. The molecule has 0 spiro atoms. The van der Waals surface area contributed by atoms with Gasteiger partial charge in [0.2, 0.25) is 0 Å². The van der Waals surface area contributed by atoms with E-state index in [4.69, 9.17) is 4.74 Å². The lowest BCUT2D eigenvalue weighted by Gasteiger charge is -2.35. The van der Waals surface area contributed by atoms with Crippen molar-refractivity contribution in [2.24, 2.45) is 5.92 Å². The normalized spacial score (nSPS) is 14.6. The first kappa shape index (κ1) is 15.0. The monoisotopic (exact) mass is 249 g/mol. The van der Waals surface area contributed by atoms with Crippen molar-refractivity contribution in [3.63, 3.8) is 0 Å². The zero-order chi connectivity index (χ0) is 13.8. The molecule has 0 fully saturated rings. The largest absolute Gasteiger partial charge is 0.496 e. The van der Waals surface area contributed by atoms with E-state index in [1.807, 2.05) is 7.05 Å². The Balaban J connectivity index is 3.33. The second-order valence-corrected chi connectivity index (χ2v) is 5.49. The van der Waals surface area contributed by atoms with Crippen LogP contribution in [0, 0.1) is 5.92 Å². The van der Waals surface area contributed by atoms with Crippen LogP contribution < -0.4 is 10.1 Å². The van der Waals surface area contributed by atoms with Crippen LogP contribution in [0.3, 0.4) is 0 Å². The molecule has 18 heavy (non-hydrogen) atoms. The molecule has 0 aliphatic heterocycles. The quantitative estimate of drug-likeness (QED) is 0.834. The molecule has 0 bridgehead atoms. The zero-order valence-electron chi connectivity index (χ0n) is 12.6. The topological polar surface area (TPSA) is 21.3 Å². The third-order valence-corrected chi connectivity index (χ3v) is 4.11. The van der Waals surface area contributed by atoms with E-state index in [-0.39, 0.29) is 5.41 Å². The molecule has 1 N–H and O–H groups in total. The summed E-state index contributed by atoms with van der Waals surface area (Å²) in [5.74, 6) is 1.55. The van der Waals surface area contributed by atoms with Crippen LogP contribution in [0.4, 0.5) is 0 Å². The Morgan fingerprint density at radius 1 is 1.33 bits per heavy atom. The second kappa shape index (κ2) is 6.24. The first-order valence-corrected chi connectivity index (χ1v) is 6.81. The molecular formula is C16H27NO. The molecule has 0 saturated carbocycles. The van der Waals surface area contributed by atoms with Gasteiger partial charge in [-0.15, -0.1) is 0 Å². The van der Waals surface area contributed by atoms with Crippen molar-refractivity contribution in [3.05, 3.63) is 29.3 Å². The minimum atomic E-state index is 0.0886. The van der Waals surface area contributed by atoms with Gasteiger partial charge in [0, 0.05) is 17.5 Å². The third-order valence-electron chi connectivity index (χ3n) is 4.11. The maximum absolute atomic E-state index is 5.56. The standard InChI is InChI=1S/C16H27NO/c1-7-13-8-9-15(18-6)14(10-13)16(4,11-17-5)12(2)3/h8-10,12,17H,7,11H2,1-6H3. The number of ether oxygens (including phenoxy) is 1. The number of rotatable bonds is 6. The van der Waals surface area contributed by atoms with Gasteiger partial charge in [-0.1, -0.05) is 39.8 Å². The molecule has 0 aliphatic rings. The highest BCUT2D eigenvalue weighted by Crippen LogP contribution is 2.38. The minimum Gasteiger partial charge on any atom is -0.496 e. The van der Waals surface area contributed by atoms with Crippen LogP contribution in [0.2, 0.25) is 0 Å². The fraction of sp³-hybridized carbons (Fsp3) is 0.625. The van der Waals surface area contributed by atoms with Gasteiger partial charge >= 0.3 is 0 Å². The summed E-state index contributed by atoms with van der Waals surface area (Å²) in [6.07, 6.45) is 1.06. The Hall–Kier alpha value is -1.02. The smallest absolute Gasteiger partial charge is 0.122 e. The van der Waals surface area contributed by atoms with Gasteiger partial charge in [0.25, 0.3) is 0 Å². The summed E-state index contributed by atoms with van der Waals surface area (Å²) in [4.78, 5) is 0. The number of likely N-dealkylation sites (N-methyl/N-ethyl adjacent to an activating group) is 1. The molecule has 1 unspecified atom stereocenters. The molecule has 1 atom stereocenters. The van der Waals surface area contributed by atoms with Gasteiger partial charge in [0.15, 0.2) is 0 Å². The predicted molar refractivity (Wildman–Crippen MR) is 78.5 cm³/mol. The van der Waals surface area contributed by atoms with E-state index in [0.29, 0.717) is 5.92 Å². The predicted octanol–water partition coefficient (Wildman–Crippen LogP) is 3.39. The van der Waals surface area contributed by atoms with Crippen molar-refractivity contribution in [2.45, 2.75) is 39.5 Å². The van der Waals surface area contributed by atoms with Crippen LogP contribution in [-0.2, 0) is 11.8 Å². The number of aryl methyl sites for hydroxylation is 1. The highest BCUT2D eigenvalue weighted by molar-refractivity contribution is 5.43. The summed E-state index contributed by atoms with van der Waals surface area (Å²) in [5, 5.41) is 3.32. The van der Waals surface area contributed by atoms with E-state index < -0.39 is 0 Å². The number of hydrogen-bond donors (Lipinski definition) is 1. The second-order valence-electron chi connectivity index (χ2n) is 5.49. The molecule has 0 aliphatic carbocycles. The summed E-state index contributed by atoms with van der Waals surface area (Å²) in [6.45, 7) is 10.0. The number of methoxy groups -OCH3 is 1. The molecule has 1 aromatic carbocycles. The lowest BCUT2D eigenvalue weighted by Crippen LogP contribution is -2.39. The molecule has 0 amide bonds. The van der Waals surface area contributed by atoms with Crippen molar-refractivity contribution in [2.75, 3.05) is 20.7 Å². The van der Waals surface area contributed by atoms with Gasteiger partial charge in [0.05, 0.1) is 7.11 Å². The molecule has 0 aromatic heterocycles. The van der Waals surface area contributed by atoms with Gasteiger partial charge in [-0.25, -0.2) is 0 Å². The summed E-state index contributed by atoms with van der Waals surface area (Å²) in [6, 6.07) is 6.56. The van der Waals surface area contributed by atoms with Gasteiger partial charge in [-0.2, -0.15) is 0 Å². The zero-order valence-corrected chi connectivity index (χ0v) is 12.6. The highest BCUT2D eigenvalue weighted by atomic mass is 16.5. The van der Waals surface area contributed by atoms with E-state index in [2.05, 4.69) is 51.2 Å². The summed E-state index contributed by atoms with van der Waals surface area (Å²) >= 11 is 0. The van der Waals surface area contributed by atoms with E-state index in [0.717, 1.165) is 18.7 Å². The SMILES string of the molecule is CCc1ccc(OC)c(C(C)(CNC)C(C)C)c1. The Morgan fingerprint density at radius 2 is 2.00 bits per heavy atom. The van der Waals surface area contributed by atoms with Gasteiger partial charge in [-0.3, -0.25) is 0 Å². The third kappa shape index (κ3) is 2.86.